The van der Waals surface area contributed by atoms with Gasteiger partial charge in [-0.1, -0.05) is 26.0 Å². The summed E-state index contributed by atoms with van der Waals surface area (Å²) in [6.45, 7) is 8.06. The molecule has 0 fully saturated rings. The molecule has 4 aromatic rings. The van der Waals surface area contributed by atoms with Crippen molar-refractivity contribution in [1.29, 1.82) is 0 Å². The molecule has 1 heterocycles. The van der Waals surface area contributed by atoms with E-state index in [2.05, 4.69) is 50.6 Å². The van der Waals surface area contributed by atoms with E-state index >= 15 is 0 Å². The number of aryl methyl sites for hydroxylation is 2. The van der Waals surface area contributed by atoms with Crippen molar-refractivity contribution in [2.45, 2.75) is 40.1 Å². The van der Waals surface area contributed by atoms with Gasteiger partial charge in [0.05, 0.1) is 5.69 Å². The SMILES string of the molecule is CNC(c1ccc(C)c(NC(=O)c2ccc(Nc3ncc(C)c(-c4ccc(OC(F)(F)F)cc4)n3)cc2)c1)C(C)C. The van der Waals surface area contributed by atoms with Crippen LogP contribution in [-0.2, 0) is 0 Å². The molecule has 7 nitrogen and oxygen atoms in total. The molecule has 0 aliphatic heterocycles. The highest BCUT2D eigenvalue weighted by atomic mass is 19.4. The summed E-state index contributed by atoms with van der Waals surface area (Å²) in [4.78, 5) is 21.9. The second-order valence-corrected chi connectivity index (χ2v) is 10.0. The molecule has 41 heavy (non-hydrogen) atoms. The van der Waals surface area contributed by atoms with Crippen LogP contribution < -0.4 is 20.7 Å². The van der Waals surface area contributed by atoms with Gasteiger partial charge in [0, 0.05) is 34.7 Å². The Bertz CT molecular complexity index is 1500. The first-order valence-electron chi connectivity index (χ1n) is 13.1. The Balaban J connectivity index is 1.46. The second kappa shape index (κ2) is 12.4. The number of rotatable bonds is 9. The normalized spacial score (nSPS) is 12.2. The Kier molecular flexibility index (Phi) is 8.92. The van der Waals surface area contributed by atoms with Crippen LogP contribution in [0.1, 0.15) is 46.9 Å². The van der Waals surface area contributed by atoms with Gasteiger partial charge in [0.25, 0.3) is 5.91 Å². The molecule has 0 saturated heterocycles. The van der Waals surface area contributed by atoms with Gasteiger partial charge in [-0.15, -0.1) is 13.2 Å². The number of benzene rings is 3. The average molecular weight is 564 g/mol. The molecule has 4 rings (SSSR count). The summed E-state index contributed by atoms with van der Waals surface area (Å²) in [5.74, 6) is 0.151. The molecule has 1 amide bonds. The number of nitrogens with zero attached hydrogens (tertiary/aromatic N) is 2. The standard InChI is InChI=1S/C31H32F3N5O2/c1-18(2)27(35-5)23-7-6-19(3)26(16-23)38-29(40)22-8-12-24(13-9-22)37-30-36-17-20(4)28(39-30)21-10-14-25(15-11-21)41-31(32,33)34/h6-18,27,35H,1-5H3,(H,38,40)(H,36,37,39). The summed E-state index contributed by atoms with van der Waals surface area (Å²) in [6.07, 6.45) is -3.13. The summed E-state index contributed by atoms with van der Waals surface area (Å²) < 4.78 is 41.4. The van der Waals surface area contributed by atoms with Crippen molar-refractivity contribution in [2.75, 3.05) is 17.7 Å². The second-order valence-electron chi connectivity index (χ2n) is 10.0. The zero-order valence-corrected chi connectivity index (χ0v) is 23.4. The minimum Gasteiger partial charge on any atom is -0.406 e. The summed E-state index contributed by atoms with van der Waals surface area (Å²) >= 11 is 0. The van der Waals surface area contributed by atoms with E-state index in [1.54, 1.807) is 30.5 Å². The molecular formula is C31H32F3N5O2. The minimum absolute atomic E-state index is 0.170. The zero-order chi connectivity index (χ0) is 29.7. The fourth-order valence-electron chi connectivity index (χ4n) is 4.49. The van der Waals surface area contributed by atoms with Crippen LogP contribution in [0, 0.1) is 19.8 Å². The van der Waals surface area contributed by atoms with Crippen LogP contribution in [0.25, 0.3) is 11.3 Å². The van der Waals surface area contributed by atoms with E-state index in [0.717, 1.165) is 22.4 Å². The van der Waals surface area contributed by atoms with Gasteiger partial charge in [-0.3, -0.25) is 4.79 Å². The van der Waals surface area contributed by atoms with Crippen LogP contribution in [0.15, 0.2) is 72.9 Å². The molecule has 0 radical (unpaired) electrons. The topological polar surface area (TPSA) is 88.2 Å². The van der Waals surface area contributed by atoms with Gasteiger partial charge in [-0.05, 0) is 98.1 Å². The van der Waals surface area contributed by atoms with E-state index in [-0.39, 0.29) is 17.7 Å². The molecule has 1 atom stereocenters. The van der Waals surface area contributed by atoms with Crippen molar-refractivity contribution in [1.82, 2.24) is 15.3 Å². The van der Waals surface area contributed by atoms with Gasteiger partial charge < -0.3 is 20.7 Å². The molecule has 1 unspecified atom stereocenters. The van der Waals surface area contributed by atoms with Gasteiger partial charge >= 0.3 is 6.36 Å². The first-order chi connectivity index (χ1) is 19.4. The lowest BCUT2D eigenvalue weighted by molar-refractivity contribution is -0.274. The van der Waals surface area contributed by atoms with Crippen molar-refractivity contribution < 1.29 is 22.7 Å². The number of halogens is 3. The molecule has 3 N–H and O–H groups in total. The Hall–Kier alpha value is -4.44. The fraction of sp³-hybridized carbons (Fsp3) is 0.258. The molecule has 0 aliphatic rings. The largest absolute Gasteiger partial charge is 0.573 e. The summed E-state index contributed by atoms with van der Waals surface area (Å²) in [7, 11) is 1.93. The van der Waals surface area contributed by atoms with Crippen LogP contribution in [0.3, 0.4) is 0 Å². The maximum atomic E-state index is 13.0. The lowest BCUT2D eigenvalue weighted by atomic mass is 9.94. The number of nitrogens with one attached hydrogen (secondary N) is 3. The van der Waals surface area contributed by atoms with E-state index in [4.69, 9.17) is 0 Å². The van der Waals surface area contributed by atoms with E-state index in [1.807, 2.05) is 33.0 Å². The maximum absolute atomic E-state index is 13.0. The highest BCUT2D eigenvalue weighted by Crippen LogP contribution is 2.29. The van der Waals surface area contributed by atoms with Crippen LogP contribution >= 0.6 is 0 Å². The molecule has 0 saturated carbocycles. The van der Waals surface area contributed by atoms with Crippen LogP contribution in [0.2, 0.25) is 0 Å². The Morgan fingerprint density at radius 2 is 1.61 bits per heavy atom. The summed E-state index contributed by atoms with van der Waals surface area (Å²) in [6, 6.07) is 18.7. The van der Waals surface area contributed by atoms with Crippen LogP contribution in [0.5, 0.6) is 5.75 Å². The lowest BCUT2D eigenvalue weighted by Crippen LogP contribution is -2.22. The molecule has 0 bridgehead atoms. The van der Waals surface area contributed by atoms with Crippen molar-refractivity contribution in [2.24, 2.45) is 5.92 Å². The van der Waals surface area contributed by atoms with E-state index in [9.17, 15) is 18.0 Å². The quantitative estimate of drug-likeness (QED) is 0.195. The third kappa shape index (κ3) is 7.61. The number of anilines is 3. The smallest absolute Gasteiger partial charge is 0.406 e. The third-order valence-corrected chi connectivity index (χ3v) is 6.58. The van der Waals surface area contributed by atoms with Crippen molar-refractivity contribution in [3.63, 3.8) is 0 Å². The number of hydrogen-bond donors (Lipinski definition) is 3. The highest BCUT2D eigenvalue weighted by molar-refractivity contribution is 6.04. The van der Waals surface area contributed by atoms with E-state index < -0.39 is 6.36 Å². The van der Waals surface area contributed by atoms with Gasteiger partial charge in [0.2, 0.25) is 5.95 Å². The van der Waals surface area contributed by atoms with Gasteiger partial charge in [0.1, 0.15) is 5.75 Å². The van der Waals surface area contributed by atoms with Crippen molar-refractivity contribution in [3.05, 3.63) is 95.2 Å². The Morgan fingerprint density at radius 3 is 2.22 bits per heavy atom. The molecular weight excluding hydrogens is 531 g/mol. The van der Waals surface area contributed by atoms with Crippen LogP contribution in [0.4, 0.5) is 30.5 Å². The van der Waals surface area contributed by atoms with Crippen molar-refractivity contribution in [3.8, 4) is 17.0 Å². The first kappa shape index (κ1) is 29.5. The molecule has 3 aromatic carbocycles. The van der Waals surface area contributed by atoms with E-state index in [1.165, 1.54) is 24.3 Å². The predicted octanol–water partition coefficient (Wildman–Crippen LogP) is 7.57. The zero-order valence-electron chi connectivity index (χ0n) is 23.4. The Labute approximate surface area is 237 Å². The van der Waals surface area contributed by atoms with Crippen LogP contribution in [-0.4, -0.2) is 29.3 Å². The van der Waals surface area contributed by atoms with Gasteiger partial charge in [-0.2, -0.15) is 0 Å². The van der Waals surface area contributed by atoms with E-state index in [0.29, 0.717) is 34.4 Å². The number of hydrogen-bond acceptors (Lipinski definition) is 6. The molecule has 0 spiro atoms. The monoisotopic (exact) mass is 563 g/mol. The number of aromatic nitrogens is 2. The molecule has 10 heteroatoms. The Morgan fingerprint density at radius 1 is 0.927 bits per heavy atom. The fourth-order valence-corrected chi connectivity index (χ4v) is 4.49. The average Bonchev–Trinajstić information content (AvgIpc) is 2.92. The number of ether oxygens (including phenoxy) is 1. The number of carbonyl (C=O) groups excluding carboxylic acids is 1. The molecule has 0 aliphatic carbocycles. The summed E-state index contributed by atoms with van der Waals surface area (Å²) in [5.41, 5.74) is 5.91. The minimum atomic E-state index is -4.76. The maximum Gasteiger partial charge on any atom is 0.573 e. The third-order valence-electron chi connectivity index (χ3n) is 6.58. The number of carbonyl (C=O) groups is 1. The van der Waals surface area contributed by atoms with Gasteiger partial charge in [-0.25, -0.2) is 9.97 Å². The molecule has 1 aromatic heterocycles. The first-order valence-corrected chi connectivity index (χ1v) is 13.1. The van der Waals surface area contributed by atoms with Crippen molar-refractivity contribution >= 4 is 23.2 Å². The summed E-state index contributed by atoms with van der Waals surface area (Å²) in [5, 5.41) is 9.46. The number of amides is 1. The highest BCUT2D eigenvalue weighted by Gasteiger charge is 2.31. The van der Waals surface area contributed by atoms with Gasteiger partial charge in [0.15, 0.2) is 0 Å². The lowest BCUT2D eigenvalue weighted by Gasteiger charge is -2.22. The number of alkyl halides is 3. The predicted molar refractivity (Wildman–Crippen MR) is 154 cm³/mol. The molecule has 214 valence electrons.